The van der Waals surface area contributed by atoms with Gasteiger partial charge in [-0.25, -0.2) is 0 Å². The zero-order valence-corrected chi connectivity index (χ0v) is 28.9. The minimum absolute atomic E-state index is 0.315. The second kappa shape index (κ2) is 9.41. The highest BCUT2D eigenvalue weighted by Crippen LogP contribution is 2.76. The fraction of sp³-hybridized carbons (Fsp3) is 0.515. The number of amides is 4. The number of piperazine rings is 2. The Balaban J connectivity index is 1.42. The zero-order valence-electron chi connectivity index (χ0n) is 27.3. The predicted molar refractivity (Wildman–Crippen MR) is 178 cm³/mol. The molecule has 0 saturated carbocycles. The Kier molecular flexibility index (Phi) is 6.04. The molecule has 258 valence electrons. The van der Waals surface area contributed by atoms with E-state index in [-0.39, 0.29) is 11.8 Å². The molecule has 3 unspecified atom stereocenters. The Morgan fingerprint density at radius 1 is 0.816 bits per heavy atom. The van der Waals surface area contributed by atoms with E-state index in [2.05, 4.69) is 10.6 Å². The molecule has 14 nitrogen and oxygen atoms in total. The Bertz CT molecular complexity index is 1900. The first-order chi connectivity index (χ1) is 23.3. The van der Waals surface area contributed by atoms with Gasteiger partial charge in [0, 0.05) is 32.6 Å². The van der Waals surface area contributed by atoms with Crippen LogP contribution in [0.15, 0.2) is 48.5 Å². The molecule has 0 aromatic heterocycles. The number of para-hydroxylation sites is 2. The van der Waals surface area contributed by atoms with Crippen molar-refractivity contribution < 1.29 is 39.2 Å². The maximum atomic E-state index is 15.1. The van der Waals surface area contributed by atoms with Crippen molar-refractivity contribution in [1.29, 1.82) is 0 Å². The molecule has 1 spiro atoms. The minimum atomic E-state index is -2.32. The number of nitrogens with one attached hydrogen (secondary N) is 2. The number of carbonyl (C=O) groups is 4. The van der Waals surface area contributed by atoms with Crippen LogP contribution in [0.3, 0.4) is 0 Å². The minimum Gasteiger partial charge on any atom is -0.394 e. The van der Waals surface area contributed by atoms with E-state index in [1.54, 1.807) is 49.5 Å². The van der Waals surface area contributed by atoms with Gasteiger partial charge in [-0.15, -0.1) is 0 Å². The number of carbonyl (C=O) groups excluding carboxylic acids is 4. The molecule has 5 N–H and O–H groups in total. The van der Waals surface area contributed by atoms with Gasteiger partial charge in [0.25, 0.3) is 29.4 Å². The van der Waals surface area contributed by atoms with Crippen LogP contribution in [0.5, 0.6) is 0 Å². The maximum Gasteiger partial charge on any atom is 0.279 e. The molecule has 49 heavy (non-hydrogen) atoms. The lowest BCUT2D eigenvalue weighted by atomic mass is 9.51. The fourth-order valence-electron chi connectivity index (χ4n) is 10.5. The quantitative estimate of drug-likeness (QED) is 0.267. The first-order valence-electron chi connectivity index (χ1n) is 16.2. The number of nitrogens with zero attached hydrogens (tertiary/aromatic N) is 4. The molecule has 0 radical (unpaired) electrons. The van der Waals surface area contributed by atoms with E-state index in [1.807, 2.05) is 19.9 Å². The summed E-state index contributed by atoms with van der Waals surface area (Å²) in [7, 11) is 6.58. The molecule has 2 bridgehead atoms. The van der Waals surface area contributed by atoms with Crippen molar-refractivity contribution in [2.75, 3.05) is 38.4 Å². The topological polar surface area (TPSA) is 175 Å². The molecule has 6 saturated heterocycles. The average Bonchev–Trinajstić information content (AvgIpc) is 3.74. The van der Waals surface area contributed by atoms with E-state index in [9.17, 15) is 29.7 Å². The van der Waals surface area contributed by atoms with Crippen LogP contribution >= 0.6 is 21.6 Å². The van der Waals surface area contributed by atoms with Gasteiger partial charge in [0.05, 0.1) is 17.4 Å². The van der Waals surface area contributed by atoms with Crippen LogP contribution in [-0.2, 0) is 34.7 Å². The number of fused-ring (bicyclic) bond motifs is 11. The number of aliphatic hydroxyl groups excluding tert-OH is 3. The lowest BCUT2D eigenvalue weighted by molar-refractivity contribution is -0.218. The SMILES string of the molecule is CO[C@@]12C(=O)N(C)[C@@H](CO)C(=O)N1[C@@H]1Nc3ccccc3C1([C@@]13c4ccccc4N[C@@H]1N1C(=O)[C@@]4(C(C)C)SSC1(C(=O)N4C)C3O)[C@@H]2O. The van der Waals surface area contributed by atoms with Gasteiger partial charge in [-0.05, 0) is 40.0 Å². The Morgan fingerprint density at radius 3 is 1.92 bits per heavy atom. The summed E-state index contributed by atoms with van der Waals surface area (Å²) < 4.78 is 6.03. The Labute approximate surface area is 289 Å². The number of methoxy groups -OCH3 is 1. The molecule has 10 rings (SSSR count). The first-order valence-corrected chi connectivity index (χ1v) is 18.3. The highest BCUT2D eigenvalue weighted by molar-refractivity contribution is 8.78. The smallest absolute Gasteiger partial charge is 0.279 e. The van der Waals surface area contributed by atoms with Gasteiger partial charge in [-0.3, -0.25) is 29.0 Å². The summed E-state index contributed by atoms with van der Waals surface area (Å²) in [5, 5.41) is 43.9. The molecule has 16 heteroatoms. The van der Waals surface area contributed by atoms with Gasteiger partial charge in [0.2, 0.25) is 4.87 Å². The van der Waals surface area contributed by atoms with Gasteiger partial charge in [-0.2, -0.15) is 0 Å². The van der Waals surface area contributed by atoms with Crippen molar-refractivity contribution in [3.05, 3.63) is 59.7 Å². The van der Waals surface area contributed by atoms with E-state index in [4.69, 9.17) is 4.74 Å². The Hall–Kier alpha value is -3.54. The van der Waals surface area contributed by atoms with Crippen LogP contribution in [0, 0.1) is 5.92 Å². The van der Waals surface area contributed by atoms with Gasteiger partial charge >= 0.3 is 0 Å². The van der Waals surface area contributed by atoms with Crippen LogP contribution in [0.2, 0.25) is 0 Å². The summed E-state index contributed by atoms with van der Waals surface area (Å²) in [6.07, 6.45) is -5.95. The molecule has 8 heterocycles. The van der Waals surface area contributed by atoms with E-state index in [0.717, 1.165) is 15.7 Å². The fourth-order valence-corrected chi connectivity index (χ4v) is 14.7. The maximum absolute atomic E-state index is 15.1. The van der Waals surface area contributed by atoms with E-state index < -0.39 is 81.2 Å². The number of rotatable bonds is 4. The lowest BCUT2D eigenvalue weighted by Gasteiger charge is -2.60. The second-order valence-electron chi connectivity index (χ2n) is 14.2. The Morgan fingerprint density at radius 2 is 1.37 bits per heavy atom. The summed E-state index contributed by atoms with van der Waals surface area (Å²) >= 11 is 0. The molecular weight excluding hydrogens is 673 g/mol. The van der Waals surface area contributed by atoms with Gasteiger partial charge in [-0.1, -0.05) is 61.0 Å². The highest BCUT2D eigenvalue weighted by Gasteiger charge is 2.92. The number of hydrogen-bond acceptors (Lipinski definition) is 12. The number of ether oxygens (including phenoxy) is 1. The predicted octanol–water partition coefficient (Wildman–Crippen LogP) is -0.137. The molecule has 6 fully saturated rings. The standard InChI is InChI=1S/C33H36N6O8S2/c1-15(2)32-28(46)39-25-30(17-11-7-9-13-19(17)35-25,23(43)33(39,49-48-32)27(45)37(32)4)29-16-10-6-8-12-18(16)34-24(29)38-21(41)20(14-40)36(3)26(44)31(38,47-5)22(29)42/h6-13,15,20,22-25,34-35,40,42-43H,14H2,1-5H3/t20-,22-,23?,24-,25+,29?,30+,31-,32+,33?/m0/s1. The number of hydrogen-bond donors (Lipinski definition) is 5. The molecule has 2 aromatic rings. The van der Waals surface area contributed by atoms with Crippen LogP contribution in [0.1, 0.15) is 25.0 Å². The first kappa shape index (κ1) is 31.4. The van der Waals surface area contributed by atoms with Crippen LogP contribution < -0.4 is 10.6 Å². The van der Waals surface area contributed by atoms with Crippen LogP contribution in [0.4, 0.5) is 11.4 Å². The highest BCUT2D eigenvalue weighted by atomic mass is 33.1. The van der Waals surface area contributed by atoms with Crippen molar-refractivity contribution in [3.8, 4) is 0 Å². The van der Waals surface area contributed by atoms with Gasteiger partial charge in [0.15, 0.2) is 4.87 Å². The number of benzene rings is 2. The number of anilines is 2. The largest absolute Gasteiger partial charge is 0.394 e. The van der Waals surface area contributed by atoms with Gasteiger partial charge in [0.1, 0.15) is 30.6 Å². The zero-order chi connectivity index (χ0) is 34.8. The van der Waals surface area contributed by atoms with Gasteiger partial charge < -0.3 is 40.5 Å². The third kappa shape index (κ3) is 2.79. The molecule has 8 aliphatic rings. The van der Waals surface area contributed by atoms with E-state index in [1.165, 1.54) is 39.7 Å². The van der Waals surface area contributed by atoms with Crippen molar-refractivity contribution >= 4 is 56.6 Å². The molecule has 4 amide bonds. The molecular formula is C33H36N6O8S2. The molecule has 8 aliphatic heterocycles. The normalized spacial score (nSPS) is 42.6. The van der Waals surface area contributed by atoms with E-state index >= 15 is 4.79 Å². The second-order valence-corrected chi connectivity index (χ2v) is 16.8. The molecule has 10 atom stereocenters. The summed E-state index contributed by atoms with van der Waals surface area (Å²) in [5.74, 6) is -2.59. The molecule has 0 aliphatic carbocycles. The third-order valence-corrected chi connectivity index (χ3v) is 16.4. The van der Waals surface area contributed by atoms with Crippen molar-refractivity contribution in [2.45, 2.75) is 70.7 Å². The third-order valence-electron chi connectivity index (χ3n) is 12.5. The summed E-state index contributed by atoms with van der Waals surface area (Å²) in [6, 6.07) is 13.0. The van der Waals surface area contributed by atoms with Crippen molar-refractivity contribution in [1.82, 2.24) is 19.6 Å². The number of aliphatic hydroxyl groups is 3. The summed E-state index contributed by atoms with van der Waals surface area (Å²) in [4.78, 5) is 61.0. The van der Waals surface area contributed by atoms with E-state index in [0.29, 0.717) is 22.5 Å². The van der Waals surface area contributed by atoms with Crippen molar-refractivity contribution in [3.63, 3.8) is 0 Å². The van der Waals surface area contributed by atoms with Crippen LogP contribution in [0.25, 0.3) is 0 Å². The number of likely N-dealkylation sites (N-methyl/N-ethyl adjacent to an activating group) is 2. The molecule has 2 aromatic carbocycles. The lowest BCUT2D eigenvalue weighted by Crippen LogP contribution is -2.79. The van der Waals surface area contributed by atoms with Crippen molar-refractivity contribution in [2.24, 2.45) is 5.92 Å². The van der Waals surface area contributed by atoms with Crippen LogP contribution in [-0.4, -0.2) is 132 Å². The monoisotopic (exact) mass is 708 g/mol. The average molecular weight is 709 g/mol. The summed E-state index contributed by atoms with van der Waals surface area (Å²) in [6.45, 7) is 3.07. The summed E-state index contributed by atoms with van der Waals surface area (Å²) in [5.41, 5.74) is -3.85.